The van der Waals surface area contributed by atoms with Crippen LogP contribution in [0.1, 0.15) is 18.4 Å². The Bertz CT molecular complexity index is 1000. The lowest BCUT2D eigenvalue weighted by atomic mass is 10.0. The Labute approximate surface area is 183 Å². The molecule has 0 bridgehead atoms. The lowest BCUT2D eigenvalue weighted by molar-refractivity contribution is 0.408. The van der Waals surface area contributed by atoms with Crippen LogP contribution >= 0.6 is 0 Å². The Kier molecular flexibility index (Phi) is 6.72. The molecule has 0 amide bonds. The van der Waals surface area contributed by atoms with Crippen LogP contribution in [0.2, 0.25) is 0 Å². The number of hydrogen-bond donors (Lipinski definition) is 2. The lowest BCUT2D eigenvalue weighted by Crippen LogP contribution is -2.51. The van der Waals surface area contributed by atoms with E-state index < -0.39 is 0 Å². The molecule has 2 N–H and O–H groups in total. The van der Waals surface area contributed by atoms with Gasteiger partial charge in [0.15, 0.2) is 5.96 Å². The first-order valence-corrected chi connectivity index (χ1v) is 10.7. The second-order valence-electron chi connectivity index (χ2n) is 7.65. The Morgan fingerprint density at radius 2 is 2.10 bits per heavy atom. The van der Waals surface area contributed by atoms with Crippen LogP contribution in [0.15, 0.2) is 72.0 Å². The first-order valence-electron chi connectivity index (χ1n) is 10.7. The molecule has 4 rings (SSSR count). The standard InChI is InChI=1S/C24H30N6O/c1-25-24(26-17-19-8-5-10-21(16-19)30-15-7-13-27-30)28-20-9-6-14-29(18-20)22-11-3-4-12-23(22)31-2/h3-5,7-8,10-13,15-16,20H,6,9,14,17-18H2,1-2H3,(H2,25,26,28). The minimum Gasteiger partial charge on any atom is -0.495 e. The van der Waals surface area contributed by atoms with E-state index in [9.17, 15) is 0 Å². The predicted octanol–water partition coefficient (Wildman–Crippen LogP) is 3.21. The molecule has 31 heavy (non-hydrogen) atoms. The highest BCUT2D eigenvalue weighted by Crippen LogP contribution is 2.29. The first kappa shape index (κ1) is 20.8. The number of ether oxygens (including phenoxy) is 1. The molecule has 0 radical (unpaired) electrons. The second kappa shape index (κ2) is 10.0. The average molecular weight is 419 g/mol. The largest absolute Gasteiger partial charge is 0.495 e. The Hall–Kier alpha value is -3.48. The quantitative estimate of drug-likeness (QED) is 0.475. The molecular formula is C24H30N6O. The summed E-state index contributed by atoms with van der Waals surface area (Å²) in [4.78, 5) is 6.82. The maximum atomic E-state index is 5.56. The molecule has 1 atom stereocenters. The van der Waals surface area contributed by atoms with Crippen molar-refractivity contribution in [2.75, 3.05) is 32.1 Å². The third kappa shape index (κ3) is 5.17. The summed E-state index contributed by atoms with van der Waals surface area (Å²) < 4.78 is 7.42. The monoisotopic (exact) mass is 418 g/mol. The number of guanidine groups is 1. The van der Waals surface area contributed by atoms with E-state index in [0.717, 1.165) is 49.0 Å². The van der Waals surface area contributed by atoms with E-state index >= 15 is 0 Å². The highest BCUT2D eigenvalue weighted by Gasteiger charge is 2.22. The number of methoxy groups -OCH3 is 1. The summed E-state index contributed by atoms with van der Waals surface area (Å²) in [6.45, 7) is 2.64. The fourth-order valence-electron chi connectivity index (χ4n) is 4.01. The number of aliphatic imine (C=N–C) groups is 1. The minimum absolute atomic E-state index is 0.320. The summed E-state index contributed by atoms with van der Waals surface area (Å²) in [6.07, 6.45) is 5.97. The van der Waals surface area contributed by atoms with Gasteiger partial charge in [0, 0.05) is 45.1 Å². The zero-order valence-corrected chi connectivity index (χ0v) is 18.2. The maximum absolute atomic E-state index is 5.56. The van der Waals surface area contributed by atoms with Crippen LogP contribution in [0.25, 0.3) is 5.69 Å². The highest BCUT2D eigenvalue weighted by molar-refractivity contribution is 5.80. The van der Waals surface area contributed by atoms with Crippen LogP contribution in [-0.2, 0) is 6.54 Å². The van der Waals surface area contributed by atoms with Gasteiger partial charge in [-0.2, -0.15) is 5.10 Å². The molecule has 7 heteroatoms. The van der Waals surface area contributed by atoms with Gasteiger partial charge in [-0.1, -0.05) is 24.3 Å². The van der Waals surface area contributed by atoms with Crippen LogP contribution in [0, 0.1) is 0 Å². The molecule has 1 aliphatic rings. The summed E-state index contributed by atoms with van der Waals surface area (Å²) in [5.74, 6) is 1.74. The van der Waals surface area contributed by atoms with Gasteiger partial charge in [-0.3, -0.25) is 4.99 Å². The van der Waals surface area contributed by atoms with Crippen molar-refractivity contribution in [3.63, 3.8) is 0 Å². The molecule has 7 nitrogen and oxygen atoms in total. The number of nitrogens with zero attached hydrogens (tertiary/aromatic N) is 4. The minimum atomic E-state index is 0.320. The molecule has 0 spiro atoms. The van der Waals surface area contributed by atoms with Gasteiger partial charge in [-0.15, -0.1) is 0 Å². The number of para-hydroxylation sites is 2. The van der Waals surface area contributed by atoms with Crippen molar-refractivity contribution >= 4 is 11.6 Å². The maximum Gasteiger partial charge on any atom is 0.191 e. The Morgan fingerprint density at radius 1 is 1.19 bits per heavy atom. The van der Waals surface area contributed by atoms with Gasteiger partial charge in [-0.05, 0) is 48.7 Å². The molecular weight excluding hydrogens is 388 g/mol. The topological polar surface area (TPSA) is 66.7 Å². The van der Waals surface area contributed by atoms with Crippen molar-refractivity contribution in [1.82, 2.24) is 20.4 Å². The SMILES string of the molecule is CN=C(NCc1cccc(-n2cccn2)c1)NC1CCCN(c2ccccc2OC)C1. The van der Waals surface area contributed by atoms with Crippen LogP contribution in [0.3, 0.4) is 0 Å². The van der Waals surface area contributed by atoms with Gasteiger partial charge in [0.05, 0.1) is 18.5 Å². The first-order chi connectivity index (χ1) is 15.3. The zero-order valence-electron chi connectivity index (χ0n) is 18.2. The van der Waals surface area contributed by atoms with Crippen molar-refractivity contribution in [1.29, 1.82) is 0 Å². The van der Waals surface area contributed by atoms with Crippen molar-refractivity contribution in [3.8, 4) is 11.4 Å². The molecule has 2 aromatic carbocycles. The Morgan fingerprint density at radius 3 is 2.90 bits per heavy atom. The van der Waals surface area contributed by atoms with Gasteiger partial charge in [0.1, 0.15) is 5.75 Å². The van der Waals surface area contributed by atoms with E-state index in [4.69, 9.17) is 4.74 Å². The van der Waals surface area contributed by atoms with Crippen molar-refractivity contribution in [3.05, 3.63) is 72.6 Å². The molecule has 1 aliphatic heterocycles. The zero-order chi connectivity index (χ0) is 21.5. The lowest BCUT2D eigenvalue weighted by Gasteiger charge is -2.36. The summed E-state index contributed by atoms with van der Waals surface area (Å²) in [5.41, 5.74) is 3.37. The van der Waals surface area contributed by atoms with Crippen LogP contribution in [0.5, 0.6) is 5.75 Å². The van der Waals surface area contributed by atoms with E-state index in [1.807, 2.05) is 36.1 Å². The van der Waals surface area contributed by atoms with Crippen molar-refractivity contribution < 1.29 is 4.74 Å². The molecule has 2 heterocycles. The average Bonchev–Trinajstić information content (AvgIpc) is 3.37. The number of piperidine rings is 1. The predicted molar refractivity (Wildman–Crippen MR) is 125 cm³/mol. The molecule has 3 aromatic rings. The van der Waals surface area contributed by atoms with Crippen LogP contribution in [-0.4, -0.2) is 49.0 Å². The molecule has 162 valence electrons. The third-order valence-corrected chi connectivity index (χ3v) is 5.55. The van der Waals surface area contributed by atoms with Crippen LogP contribution in [0.4, 0.5) is 5.69 Å². The van der Waals surface area contributed by atoms with Crippen molar-refractivity contribution in [2.45, 2.75) is 25.4 Å². The van der Waals surface area contributed by atoms with E-state index in [0.29, 0.717) is 12.6 Å². The summed E-state index contributed by atoms with van der Waals surface area (Å²) in [7, 11) is 3.54. The van der Waals surface area contributed by atoms with Gasteiger partial charge in [0.2, 0.25) is 0 Å². The smallest absolute Gasteiger partial charge is 0.191 e. The fraction of sp³-hybridized carbons (Fsp3) is 0.333. The van der Waals surface area contributed by atoms with Crippen molar-refractivity contribution in [2.24, 2.45) is 4.99 Å². The molecule has 1 unspecified atom stereocenters. The second-order valence-corrected chi connectivity index (χ2v) is 7.65. The molecule has 0 aliphatic carbocycles. The number of hydrogen-bond acceptors (Lipinski definition) is 4. The summed E-state index contributed by atoms with van der Waals surface area (Å²) >= 11 is 0. The number of benzene rings is 2. The fourth-order valence-corrected chi connectivity index (χ4v) is 4.01. The summed E-state index contributed by atoms with van der Waals surface area (Å²) in [5, 5.41) is 11.4. The highest BCUT2D eigenvalue weighted by atomic mass is 16.5. The number of anilines is 1. The van der Waals surface area contributed by atoms with Crippen LogP contribution < -0.4 is 20.3 Å². The molecule has 0 saturated carbocycles. The normalized spacial score (nSPS) is 16.8. The molecule has 1 aromatic heterocycles. The third-order valence-electron chi connectivity index (χ3n) is 5.55. The van der Waals surface area contributed by atoms with E-state index in [1.165, 1.54) is 5.56 Å². The number of nitrogens with one attached hydrogen (secondary N) is 2. The van der Waals surface area contributed by atoms with Gasteiger partial charge in [0.25, 0.3) is 0 Å². The van der Waals surface area contributed by atoms with Gasteiger partial charge < -0.3 is 20.3 Å². The summed E-state index contributed by atoms with van der Waals surface area (Å²) in [6, 6.07) is 18.8. The molecule has 1 saturated heterocycles. The Balaban J connectivity index is 1.35. The van der Waals surface area contributed by atoms with Gasteiger partial charge >= 0.3 is 0 Å². The number of rotatable bonds is 6. The molecule has 1 fully saturated rings. The van der Waals surface area contributed by atoms with E-state index in [-0.39, 0.29) is 0 Å². The number of aromatic nitrogens is 2. The van der Waals surface area contributed by atoms with Gasteiger partial charge in [-0.25, -0.2) is 4.68 Å². The van der Waals surface area contributed by atoms with E-state index in [1.54, 1.807) is 13.3 Å². The van der Waals surface area contributed by atoms with E-state index in [2.05, 4.69) is 62.0 Å².